The van der Waals surface area contributed by atoms with Crippen LogP contribution in [0.1, 0.15) is 29.3 Å². The van der Waals surface area contributed by atoms with Crippen molar-refractivity contribution in [2.45, 2.75) is 25.1 Å². The summed E-state index contributed by atoms with van der Waals surface area (Å²) in [6.45, 7) is 1.28. The number of halogens is 6. The molecule has 106 valence electrons. The lowest BCUT2D eigenvalue weighted by Gasteiger charge is -2.13. The van der Waals surface area contributed by atoms with Gasteiger partial charge in [-0.3, -0.25) is 4.79 Å². The SMILES string of the molecule is CC(Cl)C(=O)c1ccc(OC(F)(F)F)cc1C(F)F. The van der Waals surface area contributed by atoms with E-state index in [1.807, 2.05) is 0 Å². The number of carbonyl (C=O) groups excluding carboxylic acids is 1. The molecule has 1 aromatic carbocycles. The van der Waals surface area contributed by atoms with Gasteiger partial charge in [-0.15, -0.1) is 24.8 Å². The van der Waals surface area contributed by atoms with Crippen LogP contribution in [-0.4, -0.2) is 17.5 Å². The average molecular weight is 303 g/mol. The summed E-state index contributed by atoms with van der Waals surface area (Å²) in [5, 5.41) is -1.06. The van der Waals surface area contributed by atoms with E-state index < -0.39 is 40.8 Å². The fourth-order valence-corrected chi connectivity index (χ4v) is 1.47. The summed E-state index contributed by atoms with van der Waals surface area (Å²) >= 11 is 5.48. The van der Waals surface area contributed by atoms with E-state index in [1.165, 1.54) is 6.92 Å². The fraction of sp³-hybridized carbons (Fsp3) is 0.364. The van der Waals surface area contributed by atoms with Crippen molar-refractivity contribution in [3.63, 3.8) is 0 Å². The quantitative estimate of drug-likeness (QED) is 0.470. The first-order valence-corrected chi connectivity index (χ1v) is 5.41. The van der Waals surface area contributed by atoms with Crippen molar-refractivity contribution in [2.24, 2.45) is 0 Å². The predicted molar refractivity (Wildman–Crippen MR) is 57.7 cm³/mol. The van der Waals surface area contributed by atoms with Crippen LogP contribution in [0.15, 0.2) is 18.2 Å². The Morgan fingerprint density at radius 1 is 1.32 bits per heavy atom. The first-order chi connectivity index (χ1) is 8.61. The molecule has 0 heterocycles. The van der Waals surface area contributed by atoms with Gasteiger partial charge in [0.15, 0.2) is 5.78 Å². The number of rotatable bonds is 4. The molecule has 0 N–H and O–H groups in total. The van der Waals surface area contributed by atoms with Gasteiger partial charge in [-0.25, -0.2) is 8.78 Å². The van der Waals surface area contributed by atoms with E-state index in [0.717, 1.165) is 12.1 Å². The van der Waals surface area contributed by atoms with Crippen molar-refractivity contribution >= 4 is 17.4 Å². The van der Waals surface area contributed by atoms with Crippen LogP contribution >= 0.6 is 11.6 Å². The van der Waals surface area contributed by atoms with Crippen LogP contribution in [0.4, 0.5) is 22.0 Å². The van der Waals surface area contributed by atoms with Gasteiger partial charge in [0.2, 0.25) is 0 Å². The molecular weight excluding hydrogens is 295 g/mol. The minimum atomic E-state index is -5.00. The lowest BCUT2D eigenvalue weighted by atomic mass is 10.0. The molecule has 0 aliphatic heterocycles. The van der Waals surface area contributed by atoms with Crippen molar-refractivity contribution in [3.05, 3.63) is 29.3 Å². The third-order valence-electron chi connectivity index (χ3n) is 2.12. The van der Waals surface area contributed by atoms with E-state index in [2.05, 4.69) is 4.74 Å². The molecule has 19 heavy (non-hydrogen) atoms. The highest BCUT2D eigenvalue weighted by Crippen LogP contribution is 2.31. The van der Waals surface area contributed by atoms with Crippen molar-refractivity contribution in [1.29, 1.82) is 0 Å². The number of benzene rings is 1. The molecule has 0 aliphatic carbocycles. The molecule has 0 radical (unpaired) electrons. The van der Waals surface area contributed by atoms with Crippen molar-refractivity contribution in [1.82, 2.24) is 0 Å². The Hall–Kier alpha value is -1.37. The number of hydrogen-bond acceptors (Lipinski definition) is 2. The molecular formula is C11H8ClF5O2. The second-order valence-electron chi connectivity index (χ2n) is 3.58. The number of hydrogen-bond donors (Lipinski definition) is 0. The number of carbonyl (C=O) groups is 1. The summed E-state index contributed by atoms with van der Waals surface area (Å²) in [5.74, 6) is -1.61. The van der Waals surface area contributed by atoms with Crippen LogP contribution in [-0.2, 0) is 0 Å². The van der Waals surface area contributed by atoms with Crippen molar-refractivity contribution in [3.8, 4) is 5.75 Å². The van der Waals surface area contributed by atoms with Gasteiger partial charge in [-0.05, 0) is 25.1 Å². The molecule has 1 unspecified atom stereocenters. The maximum absolute atomic E-state index is 12.7. The highest BCUT2D eigenvalue weighted by Gasteiger charge is 2.32. The minimum absolute atomic E-state index is 0.424. The summed E-state index contributed by atoms with van der Waals surface area (Å²) in [7, 11) is 0. The van der Waals surface area contributed by atoms with Crippen molar-refractivity contribution in [2.75, 3.05) is 0 Å². The van der Waals surface area contributed by atoms with Gasteiger partial charge in [0.25, 0.3) is 6.43 Å². The van der Waals surface area contributed by atoms with Crippen LogP contribution < -0.4 is 4.74 Å². The second-order valence-corrected chi connectivity index (χ2v) is 4.23. The lowest BCUT2D eigenvalue weighted by molar-refractivity contribution is -0.274. The fourth-order valence-electron chi connectivity index (χ4n) is 1.36. The third-order valence-corrected chi connectivity index (χ3v) is 2.32. The molecule has 8 heteroatoms. The van der Waals surface area contributed by atoms with Gasteiger partial charge in [-0.1, -0.05) is 0 Å². The highest BCUT2D eigenvalue weighted by atomic mass is 35.5. The predicted octanol–water partition coefficient (Wildman–Crippen LogP) is 4.33. The Labute approximate surface area is 110 Å². The largest absolute Gasteiger partial charge is 0.573 e. The van der Waals surface area contributed by atoms with Gasteiger partial charge in [-0.2, -0.15) is 0 Å². The van der Waals surface area contributed by atoms with Gasteiger partial charge in [0, 0.05) is 11.1 Å². The van der Waals surface area contributed by atoms with Crippen LogP contribution in [0.3, 0.4) is 0 Å². The van der Waals surface area contributed by atoms with Crippen LogP contribution in [0, 0.1) is 0 Å². The molecule has 0 saturated carbocycles. The molecule has 1 atom stereocenters. The topological polar surface area (TPSA) is 26.3 Å². The first-order valence-electron chi connectivity index (χ1n) is 4.98. The number of ether oxygens (including phenoxy) is 1. The van der Waals surface area contributed by atoms with Gasteiger partial charge in [0.05, 0.1) is 5.38 Å². The number of ketones is 1. The monoisotopic (exact) mass is 302 g/mol. The molecule has 0 spiro atoms. The zero-order valence-corrected chi connectivity index (χ0v) is 10.2. The smallest absolute Gasteiger partial charge is 0.406 e. The van der Waals surface area contributed by atoms with E-state index in [1.54, 1.807) is 0 Å². The summed E-state index contributed by atoms with van der Waals surface area (Å²) < 4.78 is 64.9. The first kappa shape index (κ1) is 15.7. The maximum atomic E-state index is 12.7. The van der Waals surface area contributed by atoms with Crippen LogP contribution in [0.5, 0.6) is 5.75 Å². The Morgan fingerprint density at radius 2 is 1.89 bits per heavy atom. The van der Waals surface area contributed by atoms with Gasteiger partial charge in [0.1, 0.15) is 5.75 Å². The van der Waals surface area contributed by atoms with E-state index in [4.69, 9.17) is 11.6 Å². The molecule has 0 aromatic heterocycles. The highest BCUT2D eigenvalue weighted by molar-refractivity contribution is 6.33. The number of Topliss-reactive ketones (excluding diaryl/α,β-unsaturated/α-hetero) is 1. The van der Waals surface area contributed by atoms with Gasteiger partial charge < -0.3 is 4.74 Å². The molecule has 0 amide bonds. The molecule has 0 bridgehead atoms. The zero-order valence-electron chi connectivity index (χ0n) is 9.47. The molecule has 0 aliphatic rings. The Kier molecular flexibility index (Phi) is 4.73. The number of alkyl halides is 6. The standard InChI is InChI=1S/C11H8ClF5O2/c1-5(12)9(18)7-3-2-6(19-11(15,16)17)4-8(7)10(13)14/h2-5,10H,1H3. The maximum Gasteiger partial charge on any atom is 0.573 e. The third kappa shape index (κ3) is 4.34. The zero-order chi connectivity index (χ0) is 14.8. The van der Waals surface area contributed by atoms with Crippen LogP contribution in [0.25, 0.3) is 0 Å². The Bertz CT molecular complexity index is 471. The molecule has 1 rings (SSSR count). The average Bonchev–Trinajstić information content (AvgIpc) is 2.25. The normalized spacial score (nSPS) is 13.5. The van der Waals surface area contributed by atoms with Gasteiger partial charge >= 0.3 is 6.36 Å². The molecule has 0 saturated heterocycles. The van der Waals surface area contributed by atoms with E-state index in [9.17, 15) is 26.7 Å². The van der Waals surface area contributed by atoms with E-state index in [-0.39, 0.29) is 0 Å². The lowest BCUT2D eigenvalue weighted by Crippen LogP contribution is -2.18. The van der Waals surface area contributed by atoms with E-state index in [0.29, 0.717) is 6.07 Å². The summed E-state index contributed by atoms with van der Waals surface area (Å²) in [5.41, 5.74) is -1.27. The molecule has 1 aromatic rings. The van der Waals surface area contributed by atoms with Crippen molar-refractivity contribution < 1.29 is 31.5 Å². The minimum Gasteiger partial charge on any atom is -0.406 e. The molecule has 2 nitrogen and oxygen atoms in total. The summed E-state index contributed by atoms with van der Waals surface area (Å²) in [6, 6.07) is 2.10. The van der Waals surface area contributed by atoms with E-state index >= 15 is 0 Å². The summed E-state index contributed by atoms with van der Waals surface area (Å²) in [6.07, 6.45) is -8.11. The second kappa shape index (κ2) is 5.73. The Morgan fingerprint density at radius 3 is 2.32 bits per heavy atom. The Balaban J connectivity index is 3.19. The van der Waals surface area contributed by atoms with Crippen LogP contribution in [0.2, 0.25) is 0 Å². The molecule has 0 fully saturated rings. The summed E-state index contributed by atoms with van der Waals surface area (Å²) in [4.78, 5) is 11.5.